The molecule has 1 amide bonds. The van der Waals surface area contributed by atoms with Crippen LogP contribution in [0.15, 0.2) is 24.4 Å². The van der Waals surface area contributed by atoms with Crippen LogP contribution in [0.2, 0.25) is 0 Å². The number of aromatic nitrogens is 1. The lowest BCUT2D eigenvalue weighted by atomic mass is 10.1. The Kier molecular flexibility index (Phi) is 3.34. The average molecular weight is 289 g/mol. The molecule has 110 valence electrons. The van der Waals surface area contributed by atoms with Gasteiger partial charge in [0.1, 0.15) is 0 Å². The van der Waals surface area contributed by atoms with Gasteiger partial charge in [-0.2, -0.15) is 0 Å². The van der Waals surface area contributed by atoms with E-state index < -0.39 is 4.92 Å². The van der Waals surface area contributed by atoms with Gasteiger partial charge in [-0.1, -0.05) is 0 Å². The minimum atomic E-state index is -0.479. The third-order valence-corrected chi connectivity index (χ3v) is 3.96. The number of aliphatic hydroxyl groups excluding tert-OH is 1. The molecule has 0 spiro atoms. The third-order valence-electron chi connectivity index (χ3n) is 3.96. The number of amides is 1. The predicted molar refractivity (Wildman–Crippen MR) is 76.1 cm³/mol. The normalized spacial score (nSPS) is 18.3. The van der Waals surface area contributed by atoms with Crippen LogP contribution < -0.4 is 0 Å². The number of nitro groups is 1. The molecule has 7 heteroatoms. The molecule has 7 nitrogen and oxygen atoms in total. The molecule has 21 heavy (non-hydrogen) atoms. The van der Waals surface area contributed by atoms with Crippen LogP contribution in [0.5, 0.6) is 0 Å². The number of hydrogen-bond acceptors (Lipinski definition) is 4. The second-order valence-corrected chi connectivity index (χ2v) is 5.17. The molecule has 2 N–H and O–H groups in total. The number of likely N-dealkylation sites (tertiary alicyclic amines) is 1. The highest BCUT2D eigenvalue weighted by Crippen LogP contribution is 2.27. The van der Waals surface area contributed by atoms with Crippen molar-refractivity contribution in [2.45, 2.75) is 18.9 Å². The summed E-state index contributed by atoms with van der Waals surface area (Å²) in [6, 6.07) is 4.24. The van der Waals surface area contributed by atoms with Crippen molar-refractivity contribution in [3.05, 3.63) is 40.1 Å². The highest BCUT2D eigenvalue weighted by molar-refractivity contribution is 6.07. The summed E-state index contributed by atoms with van der Waals surface area (Å²) in [7, 11) is 0. The molecule has 1 atom stereocenters. The molecule has 1 fully saturated rings. The molecule has 1 saturated heterocycles. The quantitative estimate of drug-likeness (QED) is 0.663. The molecule has 2 aromatic rings. The summed E-state index contributed by atoms with van der Waals surface area (Å²) in [6.45, 7) is 0.542. The zero-order chi connectivity index (χ0) is 15.0. The molecule has 0 aliphatic carbocycles. The van der Waals surface area contributed by atoms with E-state index in [0.717, 1.165) is 12.8 Å². The van der Waals surface area contributed by atoms with E-state index in [1.807, 2.05) is 0 Å². The number of aliphatic hydroxyl groups is 1. The monoisotopic (exact) mass is 289 g/mol. The topological polar surface area (TPSA) is 99.5 Å². The molecule has 1 aliphatic rings. The summed E-state index contributed by atoms with van der Waals surface area (Å²) >= 11 is 0. The number of carbonyl (C=O) groups is 1. The number of non-ortho nitro benzene ring substituents is 1. The number of nitro benzene ring substituents is 1. The van der Waals surface area contributed by atoms with Gasteiger partial charge in [0.25, 0.3) is 11.6 Å². The number of H-pyrrole nitrogens is 1. The Hall–Kier alpha value is -2.41. The molecule has 0 saturated carbocycles. The second kappa shape index (κ2) is 5.17. The SMILES string of the molecule is O=C(c1c[nH]c2ccc([N+](=O)[O-])cc12)N1CCC[C@@H]1CO. The van der Waals surface area contributed by atoms with Crippen molar-refractivity contribution in [3.8, 4) is 0 Å². The van der Waals surface area contributed by atoms with Gasteiger partial charge < -0.3 is 15.0 Å². The van der Waals surface area contributed by atoms with Crippen LogP contribution in [-0.2, 0) is 0 Å². The summed E-state index contributed by atoms with van der Waals surface area (Å²) in [5.41, 5.74) is 1.05. The van der Waals surface area contributed by atoms with E-state index in [4.69, 9.17) is 0 Å². The van der Waals surface area contributed by atoms with Gasteiger partial charge in [0.15, 0.2) is 0 Å². The molecular weight excluding hydrogens is 274 g/mol. The first-order valence-corrected chi connectivity index (χ1v) is 6.79. The summed E-state index contributed by atoms with van der Waals surface area (Å²) in [6.07, 6.45) is 3.22. The molecule has 1 aromatic heterocycles. The standard InChI is InChI=1S/C14H15N3O4/c18-8-10-2-1-5-16(10)14(19)12-7-15-13-4-3-9(17(20)21)6-11(12)13/h3-4,6-7,10,15,18H,1-2,5,8H2/t10-/m1/s1. The van der Waals surface area contributed by atoms with Gasteiger partial charge in [0.2, 0.25) is 0 Å². The lowest BCUT2D eigenvalue weighted by Gasteiger charge is -2.22. The molecule has 1 aliphatic heterocycles. The summed E-state index contributed by atoms with van der Waals surface area (Å²) in [4.78, 5) is 27.6. The number of fused-ring (bicyclic) bond motifs is 1. The van der Waals surface area contributed by atoms with E-state index in [1.54, 1.807) is 17.2 Å². The van der Waals surface area contributed by atoms with Crippen molar-refractivity contribution >= 4 is 22.5 Å². The minimum Gasteiger partial charge on any atom is -0.394 e. The number of hydrogen-bond donors (Lipinski definition) is 2. The van der Waals surface area contributed by atoms with Crippen LogP contribution in [0, 0.1) is 10.1 Å². The van der Waals surface area contributed by atoms with Crippen LogP contribution in [0.3, 0.4) is 0 Å². The van der Waals surface area contributed by atoms with E-state index in [9.17, 15) is 20.0 Å². The Morgan fingerprint density at radius 3 is 3.05 bits per heavy atom. The molecule has 0 bridgehead atoms. The summed E-state index contributed by atoms with van der Waals surface area (Å²) in [5, 5.41) is 20.7. The zero-order valence-corrected chi connectivity index (χ0v) is 11.3. The lowest BCUT2D eigenvalue weighted by Crippen LogP contribution is -2.37. The maximum absolute atomic E-state index is 12.6. The first kappa shape index (κ1) is 13.6. The highest BCUT2D eigenvalue weighted by atomic mass is 16.6. The number of carbonyl (C=O) groups excluding carboxylic acids is 1. The van der Waals surface area contributed by atoms with E-state index in [1.165, 1.54) is 12.1 Å². The number of rotatable bonds is 3. The minimum absolute atomic E-state index is 0.0451. The summed E-state index contributed by atoms with van der Waals surface area (Å²) < 4.78 is 0. The second-order valence-electron chi connectivity index (χ2n) is 5.17. The fourth-order valence-electron chi connectivity index (χ4n) is 2.85. The molecule has 0 radical (unpaired) electrons. The van der Waals surface area contributed by atoms with Gasteiger partial charge in [0.05, 0.1) is 23.1 Å². The van der Waals surface area contributed by atoms with Gasteiger partial charge in [-0.25, -0.2) is 0 Å². The van der Waals surface area contributed by atoms with Crippen molar-refractivity contribution in [2.24, 2.45) is 0 Å². The average Bonchev–Trinajstić information content (AvgIpc) is 3.12. The Balaban J connectivity index is 2.01. The number of aromatic amines is 1. The molecule has 2 heterocycles. The van der Waals surface area contributed by atoms with E-state index in [2.05, 4.69) is 4.98 Å². The van der Waals surface area contributed by atoms with Gasteiger partial charge in [-0.05, 0) is 18.9 Å². The Labute approximate surface area is 120 Å². The van der Waals surface area contributed by atoms with Gasteiger partial charge in [-0.3, -0.25) is 14.9 Å². The first-order chi connectivity index (χ1) is 10.1. The lowest BCUT2D eigenvalue weighted by molar-refractivity contribution is -0.384. The number of nitrogens with one attached hydrogen (secondary N) is 1. The molecule has 0 unspecified atom stereocenters. The maximum atomic E-state index is 12.6. The Morgan fingerprint density at radius 1 is 1.52 bits per heavy atom. The van der Waals surface area contributed by atoms with E-state index in [-0.39, 0.29) is 24.2 Å². The van der Waals surface area contributed by atoms with Gasteiger partial charge in [-0.15, -0.1) is 0 Å². The largest absolute Gasteiger partial charge is 0.394 e. The van der Waals surface area contributed by atoms with Crippen molar-refractivity contribution < 1.29 is 14.8 Å². The summed E-state index contributed by atoms with van der Waals surface area (Å²) in [5.74, 6) is -0.196. The molecule has 1 aromatic carbocycles. The van der Waals surface area contributed by atoms with Crippen molar-refractivity contribution in [1.29, 1.82) is 0 Å². The Morgan fingerprint density at radius 2 is 2.33 bits per heavy atom. The number of nitrogens with zero attached hydrogens (tertiary/aromatic N) is 2. The van der Waals surface area contributed by atoms with Crippen LogP contribution in [0.4, 0.5) is 5.69 Å². The maximum Gasteiger partial charge on any atom is 0.270 e. The van der Waals surface area contributed by atoms with Crippen LogP contribution in [0.25, 0.3) is 10.9 Å². The number of benzene rings is 1. The van der Waals surface area contributed by atoms with Gasteiger partial charge in [0, 0.05) is 35.8 Å². The zero-order valence-electron chi connectivity index (χ0n) is 11.3. The smallest absolute Gasteiger partial charge is 0.270 e. The van der Waals surface area contributed by atoms with Crippen LogP contribution in [0.1, 0.15) is 23.2 Å². The van der Waals surface area contributed by atoms with Crippen molar-refractivity contribution in [1.82, 2.24) is 9.88 Å². The first-order valence-electron chi connectivity index (χ1n) is 6.79. The molecular formula is C14H15N3O4. The Bertz CT molecular complexity index is 709. The highest BCUT2D eigenvalue weighted by Gasteiger charge is 2.30. The van der Waals surface area contributed by atoms with Gasteiger partial charge >= 0.3 is 0 Å². The van der Waals surface area contributed by atoms with Crippen LogP contribution >= 0.6 is 0 Å². The predicted octanol–water partition coefficient (Wildman–Crippen LogP) is 1.67. The third kappa shape index (κ3) is 2.25. The molecule has 3 rings (SSSR count). The van der Waals surface area contributed by atoms with E-state index >= 15 is 0 Å². The van der Waals surface area contributed by atoms with Crippen molar-refractivity contribution in [3.63, 3.8) is 0 Å². The van der Waals surface area contributed by atoms with E-state index in [0.29, 0.717) is 23.0 Å². The van der Waals surface area contributed by atoms with Crippen molar-refractivity contribution in [2.75, 3.05) is 13.2 Å². The van der Waals surface area contributed by atoms with Crippen LogP contribution in [-0.4, -0.2) is 45.0 Å². The fourth-order valence-corrected chi connectivity index (χ4v) is 2.85. The fraction of sp³-hybridized carbons (Fsp3) is 0.357.